The highest BCUT2D eigenvalue weighted by atomic mass is 16.6. The molecule has 0 radical (unpaired) electrons. The molecule has 7 nitrogen and oxygen atoms in total. The van der Waals surface area contributed by atoms with E-state index >= 15 is 0 Å². The van der Waals surface area contributed by atoms with Gasteiger partial charge in [-0.15, -0.1) is 0 Å². The molecular weight excluding hydrogens is 384 g/mol. The average molecular weight is 410 g/mol. The van der Waals surface area contributed by atoms with Gasteiger partial charge in [-0.1, -0.05) is 24.3 Å². The minimum Gasteiger partial charge on any atom is -0.478 e. The lowest BCUT2D eigenvalue weighted by Crippen LogP contribution is -2.51. The van der Waals surface area contributed by atoms with Crippen molar-refractivity contribution >= 4 is 18.0 Å². The van der Waals surface area contributed by atoms with Crippen molar-refractivity contribution in [1.29, 1.82) is 0 Å². The Morgan fingerprint density at radius 3 is 1.63 bits per heavy atom. The van der Waals surface area contributed by atoms with Gasteiger partial charge in [-0.25, -0.2) is 9.59 Å². The highest BCUT2D eigenvalue weighted by Crippen LogP contribution is 2.21. The average Bonchev–Trinajstić information content (AvgIpc) is 2.72. The molecule has 30 heavy (non-hydrogen) atoms. The third kappa shape index (κ3) is 5.17. The summed E-state index contributed by atoms with van der Waals surface area (Å²) in [7, 11) is 0. The van der Waals surface area contributed by atoms with Crippen molar-refractivity contribution in [1.82, 2.24) is 9.80 Å². The minimum atomic E-state index is -0.964. The van der Waals surface area contributed by atoms with Gasteiger partial charge in [0.25, 0.3) is 5.91 Å². The Labute approximate surface area is 175 Å². The van der Waals surface area contributed by atoms with Crippen LogP contribution in [-0.2, 0) is 4.74 Å². The number of amides is 2. The number of hydrogen-bond acceptors (Lipinski definition) is 4. The van der Waals surface area contributed by atoms with E-state index in [9.17, 15) is 14.4 Å². The monoisotopic (exact) mass is 410 g/mol. The van der Waals surface area contributed by atoms with Gasteiger partial charge in [0, 0.05) is 31.7 Å². The van der Waals surface area contributed by atoms with Crippen LogP contribution in [0, 0.1) is 0 Å². The summed E-state index contributed by atoms with van der Waals surface area (Å²) in [6.45, 7) is 7.27. The summed E-state index contributed by atoms with van der Waals surface area (Å²) in [5, 5.41) is 8.99. The number of nitrogens with zero attached hydrogens (tertiary/aromatic N) is 2. The molecule has 0 atom stereocenters. The van der Waals surface area contributed by atoms with Crippen molar-refractivity contribution < 1.29 is 24.2 Å². The molecule has 1 aliphatic rings. The van der Waals surface area contributed by atoms with Crippen LogP contribution in [0.2, 0.25) is 0 Å². The molecule has 158 valence electrons. The fourth-order valence-corrected chi connectivity index (χ4v) is 3.21. The lowest BCUT2D eigenvalue weighted by molar-refractivity contribution is 0.0141. The topological polar surface area (TPSA) is 87.2 Å². The summed E-state index contributed by atoms with van der Waals surface area (Å²) in [6.07, 6.45) is -0.354. The van der Waals surface area contributed by atoms with E-state index in [0.29, 0.717) is 31.7 Å². The molecule has 3 rings (SSSR count). The largest absolute Gasteiger partial charge is 0.478 e. The van der Waals surface area contributed by atoms with E-state index in [0.717, 1.165) is 11.1 Å². The van der Waals surface area contributed by atoms with Crippen molar-refractivity contribution in [2.45, 2.75) is 26.4 Å². The summed E-state index contributed by atoms with van der Waals surface area (Å²) < 4.78 is 5.38. The predicted molar refractivity (Wildman–Crippen MR) is 113 cm³/mol. The van der Waals surface area contributed by atoms with Crippen LogP contribution < -0.4 is 0 Å². The second kappa shape index (κ2) is 8.57. The van der Waals surface area contributed by atoms with E-state index in [4.69, 9.17) is 9.84 Å². The Morgan fingerprint density at radius 1 is 0.767 bits per heavy atom. The summed E-state index contributed by atoms with van der Waals surface area (Å²) in [4.78, 5) is 39.3. The fraction of sp³-hybridized carbons (Fsp3) is 0.348. The first-order valence-corrected chi connectivity index (χ1v) is 9.85. The Hall–Kier alpha value is -3.35. The Kier molecular flexibility index (Phi) is 6.10. The Morgan fingerprint density at radius 2 is 1.20 bits per heavy atom. The number of hydrogen-bond donors (Lipinski definition) is 1. The fourth-order valence-electron chi connectivity index (χ4n) is 3.21. The first kappa shape index (κ1) is 21.4. The van der Waals surface area contributed by atoms with Crippen LogP contribution in [0.25, 0.3) is 11.1 Å². The standard InChI is InChI=1S/C23H26N2O5/c1-23(2,3)30-22(29)25-14-12-24(13-15-25)20(26)18-8-4-16(5-9-18)17-6-10-19(11-7-17)21(27)28/h4-11H,12-15H2,1-3H3,(H,27,28). The van der Waals surface area contributed by atoms with Gasteiger partial charge in [0.1, 0.15) is 5.60 Å². The molecule has 1 saturated heterocycles. The van der Waals surface area contributed by atoms with Gasteiger partial charge >= 0.3 is 12.1 Å². The molecule has 0 unspecified atom stereocenters. The number of benzene rings is 2. The number of carbonyl (C=O) groups is 3. The highest BCUT2D eigenvalue weighted by molar-refractivity contribution is 5.95. The number of aromatic carboxylic acids is 1. The summed E-state index contributed by atoms with van der Waals surface area (Å²) in [6, 6.07) is 13.8. The zero-order chi connectivity index (χ0) is 21.9. The molecule has 1 N–H and O–H groups in total. The van der Waals surface area contributed by atoms with E-state index in [2.05, 4.69) is 0 Å². The zero-order valence-electron chi connectivity index (χ0n) is 17.4. The SMILES string of the molecule is CC(C)(C)OC(=O)N1CCN(C(=O)c2ccc(-c3ccc(C(=O)O)cc3)cc2)CC1. The van der Waals surface area contributed by atoms with Gasteiger partial charge in [0.2, 0.25) is 0 Å². The van der Waals surface area contributed by atoms with Crippen LogP contribution in [0.5, 0.6) is 0 Å². The molecule has 0 aliphatic carbocycles. The normalized spacial score (nSPS) is 14.4. The third-order valence-corrected chi connectivity index (χ3v) is 4.82. The maximum Gasteiger partial charge on any atom is 0.410 e. The number of piperazine rings is 1. The highest BCUT2D eigenvalue weighted by Gasteiger charge is 2.28. The van der Waals surface area contributed by atoms with Crippen LogP contribution >= 0.6 is 0 Å². The van der Waals surface area contributed by atoms with E-state index in [1.807, 2.05) is 32.9 Å². The number of rotatable bonds is 3. The Balaban J connectivity index is 1.60. The second-order valence-electron chi connectivity index (χ2n) is 8.22. The molecule has 2 amide bonds. The number of carboxylic acids is 1. The summed E-state index contributed by atoms with van der Waals surface area (Å²) in [5.74, 6) is -1.04. The van der Waals surface area contributed by atoms with Crippen LogP contribution in [0.1, 0.15) is 41.5 Å². The maximum atomic E-state index is 12.8. The first-order chi connectivity index (χ1) is 14.1. The summed E-state index contributed by atoms with van der Waals surface area (Å²) >= 11 is 0. The Bertz CT molecular complexity index is 922. The second-order valence-corrected chi connectivity index (χ2v) is 8.22. The predicted octanol–water partition coefficient (Wildman–Crippen LogP) is 3.74. The van der Waals surface area contributed by atoms with E-state index in [1.165, 1.54) is 0 Å². The molecule has 1 fully saturated rings. The van der Waals surface area contributed by atoms with Crippen molar-refractivity contribution in [3.8, 4) is 11.1 Å². The molecule has 1 aliphatic heterocycles. The van der Waals surface area contributed by atoms with Gasteiger partial charge in [-0.3, -0.25) is 4.79 Å². The molecule has 7 heteroatoms. The van der Waals surface area contributed by atoms with E-state index in [-0.39, 0.29) is 17.6 Å². The molecule has 0 saturated carbocycles. The molecule has 1 heterocycles. The number of carbonyl (C=O) groups excluding carboxylic acids is 2. The zero-order valence-corrected chi connectivity index (χ0v) is 17.4. The van der Waals surface area contributed by atoms with Gasteiger partial charge in [0.05, 0.1) is 5.56 Å². The van der Waals surface area contributed by atoms with E-state index < -0.39 is 11.6 Å². The van der Waals surface area contributed by atoms with Crippen LogP contribution in [0.3, 0.4) is 0 Å². The summed E-state index contributed by atoms with van der Waals surface area (Å²) in [5.41, 5.74) is 2.05. The smallest absolute Gasteiger partial charge is 0.410 e. The van der Waals surface area contributed by atoms with Gasteiger partial charge in [-0.05, 0) is 56.2 Å². The van der Waals surface area contributed by atoms with E-state index in [1.54, 1.807) is 46.2 Å². The molecule has 2 aromatic rings. The van der Waals surface area contributed by atoms with Crippen LogP contribution in [-0.4, -0.2) is 64.7 Å². The molecule has 0 aromatic heterocycles. The van der Waals surface area contributed by atoms with Crippen molar-refractivity contribution in [2.75, 3.05) is 26.2 Å². The lowest BCUT2D eigenvalue weighted by atomic mass is 10.0. The minimum absolute atomic E-state index is 0.0772. The van der Waals surface area contributed by atoms with Crippen LogP contribution in [0.15, 0.2) is 48.5 Å². The maximum absolute atomic E-state index is 12.8. The molecule has 0 bridgehead atoms. The van der Waals surface area contributed by atoms with Gasteiger partial charge in [-0.2, -0.15) is 0 Å². The molecule has 2 aromatic carbocycles. The van der Waals surface area contributed by atoms with Crippen molar-refractivity contribution in [3.63, 3.8) is 0 Å². The van der Waals surface area contributed by atoms with Crippen molar-refractivity contribution in [3.05, 3.63) is 59.7 Å². The number of ether oxygens (including phenoxy) is 1. The number of carboxylic acid groups (broad SMARTS) is 1. The molecule has 0 spiro atoms. The van der Waals surface area contributed by atoms with Gasteiger partial charge in [0.15, 0.2) is 0 Å². The first-order valence-electron chi connectivity index (χ1n) is 9.85. The van der Waals surface area contributed by atoms with Gasteiger partial charge < -0.3 is 19.6 Å². The molecular formula is C23H26N2O5. The third-order valence-electron chi connectivity index (χ3n) is 4.82. The quantitative estimate of drug-likeness (QED) is 0.833. The van der Waals surface area contributed by atoms with Crippen molar-refractivity contribution in [2.24, 2.45) is 0 Å². The van der Waals surface area contributed by atoms with Crippen LogP contribution in [0.4, 0.5) is 4.79 Å². The lowest BCUT2D eigenvalue weighted by Gasteiger charge is -2.35.